The number of hydrogen-bond donors (Lipinski definition) is 0. The van der Waals surface area contributed by atoms with E-state index in [0.717, 1.165) is 17.4 Å². The average Bonchev–Trinajstić information content (AvgIpc) is 3.31. The van der Waals surface area contributed by atoms with Crippen LogP contribution in [0.15, 0.2) is 70.6 Å². The van der Waals surface area contributed by atoms with Crippen LogP contribution in [0, 0.1) is 0 Å². The summed E-state index contributed by atoms with van der Waals surface area (Å²) < 4.78 is 56.0. The molecule has 2 aliphatic rings. The van der Waals surface area contributed by atoms with Crippen LogP contribution in [-0.2, 0) is 30.8 Å². The van der Waals surface area contributed by atoms with Crippen LogP contribution in [0.25, 0.3) is 0 Å². The van der Waals surface area contributed by atoms with Gasteiger partial charge in [-0.15, -0.1) is 0 Å². The number of urea groups is 1. The molecule has 1 unspecified atom stereocenters. The molecule has 3 aromatic rings. The molecule has 5 rings (SSSR count). The molecule has 3 aromatic carbocycles. The number of piperazine rings is 1. The summed E-state index contributed by atoms with van der Waals surface area (Å²) in [6.45, 7) is 10.2. The van der Waals surface area contributed by atoms with Crippen molar-refractivity contribution >= 4 is 66.3 Å². The lowest BCUT2D eigenvalue weighted by Gasteiger charge is -2.47. The second-order valence-electron chi connectivity index (χ2n) is 13.9. The van der Waals surface area contributed by atoms with Crippen molar-refractivity contribution in [3.8, 4) is 5.75 Å². The fraction of sp³-hybridized carbons (Fsp3) is 0.459. The van der Waals surface area contributed by atoms with Crippen LogP contribution >= 0.6 is 34.8 Å². The quantitative estimate of drug-likeness (QED) is 0.200. The molecule has 0 aliphatic carbocycles. The molecular formula is C37H45Cl3N4O6S2. The van der Waals surface area contributed by atoms with E-state index in [-0.39, 0.29) is 39.4 Å². The number of ether oxygens (including phenoxy) is 1. The van der Waals surface area contributed by atoms with Gasteiger partial charge in [0.25, 0.3) is 0 Å². The van der Waals surface area contributed by atoms with Crippen LogP contribution in [0.5, 0.6) is 5.75 Å². The standard InChI is InChI=1S/C37H45Cl3N4O6S2/c1-7-25(2)50-32-24-31(40)33(52(6,48)49)23-30(32)34-41-36(3,26-9-13-28(38)14-10-26)37(4,27-11-15-29(39)16-12-27)44(34)35(45)43-20-18-42(19-21-43)17-8-22-51(5,46)47/h9-16,23-25H,7-8,17-22H2,1-6H3/t25?,36-,37+/m0/s1. The van der Waals surface area contributed by atoms with E-state index in [1.165, 1.54) is 18.4 Å². The number of halogens is 3. The number of hydrogen-bond acceptors (Lipinski definition) is 8. The lowest BCUT2D eigenvalue weighted by atomic mass is 9.71. The number of rotatable bonds is 11. The molecule has 10 nitrogen and oxygen atoms in total. The van der Waals surface area contributed by atoms with Crippen LogP contribution in [0.2, 0.25) is 15.1 Å². The van der Waals surface area contributed by atoms with Crippen LogP contribution in [0.1, 0.15) is 57.2 Å². The maximum Gasteiger partial charge on any atom is 0.326 e. The summed E-state index contributed by atoms with van der Waals surface area (Å²) in [6.07, 6.45) is 3.19. The molecule has 2 amide bonds. The molecular weight excluding hydrogens is 767 g/mol. The Morgan fingerprint density at radius 2 is 1.44 bits per heavy atom. The SMILES string of the molecule is CCC(C)Oc1cc(Cl)c(S(C)(=O)=O)cc1C1=N[C@@](C)(c2ccc(Cl)cc2)[C@@](C)(c2ccc(Cl)cc2)N1C(=O)N1CCN(CCCS(C)(=O)=O)CC1. The lowest BCUT2D eigenvalue weighted by molar-refractivity contribution is 0.0868. The van der Waals surface area contributed by atoms with Crippen molar-refractivity contribution in [1.82, 2.24) is 14.7 Å². The third-order valence-corrected chi connectivity index (χ3v) is 13.2. The van der Waals surface area contributed by atoms with E-state index in [2.05, 4.69) is 4.90 Å². The number of aliphatic imine (C=N–C) groups is 1. The first-order valence-electron chi connectivity index (χ1n) is 17.1. The Labute approximate surface area is 322 Å². The van der Waals surface area contributed by atoms with E-state index in [4.69, 9.17) is 44.5 Å². The Kier molecular flexibility index (Phi) is 12.0. The number of carbonyl (C=O) groups is 1. The minimum atomic E-state index is -3.82. The molecule has 0 spiro atoms. The summed E-state index contributed by atoms with van der Waals surface area (Å²) in [5.74, 6) is 0.605. The van der Waals surface area contributed by atoms with Gasteiger partial charge in [-0.25, -0.2) is 21.6 Å². The largest absolute Gasteiger partial charge is 0.490 e. The molecule has 2 heterocycles. The molecule has 0 saturated carbocycles. The predicted octanol–water partition coefficient (Wildman–Crippen LogP) is 7.29. The molecule has 0 bridgehead atoms. The predicted molar refractivity (Wildman–Crippen MR) is 209 cm³/mol. The topological polar surface area (TPSA) is 117 Å². The second kappa shape index (κ2) is 15.5. The summed E-state index contributed by atoms with van der Waals surface area (Å²) in [5.41, 5.74) is -0.552. The maximum atomic E-state index is 15.2. The van der Waals surface area contributed by atoms with E-state index in [1.54, 1.807) is 34.1 Å². The van der Waals surface area contributed by atoms with E-state index < -0.39 is 30.8 Å². The fourth-order valence-corrected chi connectivity index (χ4v) is 9.04. The normalized spacial score (nSPS) is 22.0. The summed E-state index contributed by atoms with van der Waals surface area (Å²) in [4.78, 5) is 26.1. The van der Waals surface area contributed by atoms with Gasteiger partial charge in [0.1, 0.15) is 32.5 Å². The molecule has 3 atom stereocenters. The number of nitrogens with zero attached hydrogens (tertiary/aromatic N) is 4. The molecule has 0 aromatic heterocycles. The van der Waals surface area contributed by atoms with Gasteiger partial charge in [0.05, 0.1) is 27.3 Å². The highest BCUT2D eigenvalue weighted by Gasteiger charge is 2.60. The van der Waals surface area contributed by atoms with Crippen molar-refractivity contribution in [3.63, 3.8) is 0 Å². The Hall–Kier alpha value is -2.87. The average molecular weight is 812 g/mol. The number of amides is 2. The van der Waals surface area contributed by atoms with E-state index in [0.29, 0.717) is 61.2 Å². The Morgan fingerprint density at radius 3 is 1.96 bits per heavy atom. The van der Waals surface area contributed by atoms with Gasteiger partial charge in [-0.2, -0.15) is 0 Å². The second-order valence-corrected chi connectivity index (χ2v) is 19.4. The van der Waals surface area contributed by atoms with Crippen molar-refractivity contribution < 1.29 is 26.4 Å². The van der Waals surface area contributed by atoms with Gasteiger partial charge in [0, 0.05) is 54.8 Å². The molecule has 1 saturated heterocycles. The third-order valence-electron chi connectivity index (χ3n) is 10.2. The fourth-order valence-electron chi connectivity index (χ4n) is 6.81. The van der Waals surface area contributed by atoms with Crippen molar-refractivity contribution in [1.29, 1.82) is 0 Å². The van der Waals surface area contributed by atoms with Gasteiger partial charge < -0.3 is 9.64 Å². The number of sulfone groups is 2. The molecule has 0 N–H and O–H groups in total. The highest BCUT2D eigenvalue weighted by molar-refractivity contribution is 7.91. The smallest absolute Gasteiger partial charge is 0.326 e. The number of carbonyl (C=O) groups excluding carboxylic acids is 1. The Bertz CT molecular complexity index is 2060. The molecule has 0 radical (unpaired) electrons. The summed E-state index contributed by atoms with van der Waals surface area (Å²) in [6, 6.07) is 17.2. The number of benzene rings is 3. The molecule has 1 fully saturated rings. The Morgan fingerprint density at radius 1 is 0.885 bits per heavy atom. The van der Waals surface area contributed by atoms with E-state index in [1.807, 2.05) is 52.0 Å². The minimum Gasteiger partial charge on any atom is -0.490 e. The van der Waals surface area contributed by atoms with Gasteiger partial charge in [0.2, 0.25) is 0 Å². The first-order valence-corrected chi connectivity index (χ1v) is 22.2. The van der Waals surface area contributed by atoms with E-state index in [9.17, 15) is 16.8 Å². The Balaban J connectivity index is 1.72. The number of amidine groups is 1. The first-order chi connectivity index (χ1) is 24.3. The van der Waals surface area contributed by atoms with Gasteiger partial charge >= 0.3 is 6.03 Å². The maximum absolute atomic E-state index is 15.2. The van der Waals surface area contributed by atoms with Crippen molar-refractivity contribution in [2.75, 3.05) is 51.0 Å². The third kappa shape index (κ3) is 8.27. The highest BCUT2D eigenvalue weighted by Crippen LogP contribution is 2.54. The zero-order valence-corrected chi connectivity index (χ0v) is 34.1. The van der Waals surface area contributed by atoms with Gasteiger partial charge in [-0.1, -0.05) is 66.0 Å². The summed E-state index contributed by atoms with van der Waals surface area (Å²) in [7, 11) is -6.90. The van der Waals surface area contributed by atoms with E-state index >= 15 is 4.79 Å². The molecule has 282 valence electrons. The zero-order chi connectivity index (χ0) is 38.2. The van der Waals surface area contributed by atoms with Crippen molar-refractivity contribution in [2.45, 2.75) is 62.6 Å². The zero-order valence-electron chi connectivity index (χ0n) is 30.2. The molecule has 15 heteroatoms. The van der Waals surface area contributed by atoms with Gasteiger partial charge in [0.15, 0.2) is 9.84 Å². The summed E-state index contributed by atoms with van der Waals surface area (Å²) >= 11 is 19.3. The van der Waals surface area contributed by atoms with Gasteiger partial charge in [-0.05, 0) is 81.6 Å². The minimum absolute atomic E-state index is 0.00560. The van der Waals surface area contributed by atoms with Crippen molar-refractivity contribution in [3.05, 3.63) is 92.4 Å². The van der Waals surface area contributed by atoms with Crippen LogP contribution in [0.4, 0.5) is 4.79 Å². The molecule has 52 heavy (non-hydrogen) atoms. The lowest BCUT2D eigenvalue weighted by Crippen LogP contribution is -2.60. The highest BCUT2D eigenvalue weighted by atomic mass is 35.5. The van der Waals surface area contributed by atoms with Crippen LogP contribution < -0.4 is 4.74 Å². The monoisotopic (exact) mass is 810 g/mol. The van der Waals surface area contributed by atoms with Gasteiger partial charge in [-0.3, -0.25) is 14.8 Å². The summed E-state index contributed by atoms with van der Waals surface area (Å²) in [5, 5.41) is 1.04. The van der Waals surface area contributed by atoms with Crippen LogP contribution in [0.3, 0.4) is 0 Å². The van der Waals surface area contributed by atoms with Crippen molar-refractivity contribution in [2.24, 2.45) is 4.99 Å². The molecule has 2 aliphatic heterocycles. The van der Waals surface area contributed by atoms with Crippen LogP contribution in [-0.4, -0.2) is 100 Å². The first kappa shape index (κ1) is 40.3.